The summed E-state index contributed by atoms with van der Waals surface area (Å²) in [6, 6.07) is 12.6. The first-order valence-electron chi connectivity index (χ1n) is 13.3. The Morgan fingerprint density at radius 2 is 1.73 bits per heavy atom. The molecular weight excluding hydrogens is 412 g/mol. The summed E-state index contributed by atoms with van der Waals surface area (Å²) in [5, 5.41) is 6.99. The van der Waals surface area contributed by atoms with Gasteiger partial charge in [0.05, 0.1) is 0 Å². The second-order valence-electron chi connectivity index (χ2n) is 11.2. The fourth-order valence-corrected chi connectivity index (χ4v) is 7.57. The maximum absolute atomic E-state index is 13.5. The van der Waals surface area contributed by atoms with Crippen molar-refractivity contribution in [2.45, 2.75) is 75.0 Å². The highest BCUT2D eigenvalue weighted by atomic mass is 16.2. The van der Waals surface area contributed by atoms with Crippen molar-refractivity contribution in [2.75, 3.05) is 19.6 Å². The molecule has 5 aliphatic rings. The van der Waals surface area contributed by atoms with Crippen LogP contribution in [0.3, 0.4) is 0 Å². The number of nitrogens with one attached hydrogen (secondary N) is 6. The number of hydrazine groups is 2. The van der Waals surface area contributed by atoms with E-state index >= 15 is 0 Å². The van der Waals surface area contributed by atoms with Gasteiger partial charge < -0.3 is 10.6 Å². The second kappa shape index (κ2) is 9.62. The van der Waals surface area contributed by atoms with Gasteiger partial charge >= 0.3 is 0 Å². The van der Waals surface area contributed by atoms with E-state index in [1.165, 1.54) is 24.8 Å². The molecule has 9 atom stereocenters. The molecule has 0 radical (unpaired) electrons. The largest absolute Gasteiger partial charge is 0.351 e. The monoisotopic (exact) mass is 452 g/mol. The zero-order valence-corrected chi connectivity index (χ0v) is 19.6. The number of rotatable bonds is 4. The van der Waals surface area contributed by atoms with Crippen LogP contribution in [0.15, 0.2) is 30.3 Å². The molecule has 6 rings (SSSR count). The molecule has 7 heteroatoms. The smallest absolute Gasteiger partial charge is 0.223 e. The van der Waals surface area contributed by atoms with Crippen molar-refractivity contribution in [3.63, 3.8) is 0 Å². The summed E-state index contributed by atoms with van der Waals surface area (Å²) >= 11 is 0. The molecule has 1 aromatic rings. The summed E-state index contributed by atoms with van der Waals surface area (Å²) in [5.74, 6) is 2.84. The van der Waals surface area contributed by atoms with Crippen molar-refractivity contribution in [1.82, 2.24) is 32.3 Å². The average molecular weight is 453 g/mol. The third-order valence-corrected chi connectivity index (χ3v) is 9.39. The molecule has 0 aromatic heterocycles. The molecule has 180 valence electrons. The highest BCUT2D eigenvalue weighted by Gasteiger charge is 2.47. The Bertz CT molecular complexity index is 820. The van der Waals surface area contributed by atoms with Gasteiger partial charge in [-0.15, -0.1) is 0 Å². The van der Waals surface area contributed by atoms with Gasteiger partial charge in [-0.05, 0) is 74.8 Å². The average Bonchev–Trinajstić information content (AvgIpc) is 3.51. The molecule has 33 heavy (non-hydrogen) atoms. The van der Waals surface area contributed by atoms with Crippen LogP contribution in [0.4, 0.5) is 0 Å². The number of carbonyl (C=O) groups excluding carboxylic acids is 1. The lowest BCUT2D eigenvalue weighted by Crippen LogP contribution is -2.52. The van der Waals surface area contributed by atoms with Crippen LogP contribution in [0.25, 0.3) is 0 Å². The molecule has 3 aliphatic heterocycles. The molecule has 0 spiro atoms. The Kier molecular flexibility index (Phi) is 6.41. The standard InChI is InChI=1S/C26H40N6O/c33-26(29-24-15-27-11-10-20(24)16-4-2-1-3-5-16)18-7-9-23-21(13-18)25(32-31-23)17-6-8-22-19(12-17)14-28-30-22/h1-5,17-25,27-28,30-32H,6-15H2,(H,29,33)/t17?,18?,19?,20-,21?,22?,23?,24+,25?/m0/s1. The van der Waals surface area contributed by atoms with E-state index in [-0.39, 0.29) is 17.9 Å². The SMILES string of the molecule is O=C(N[C@@H]1CNCC[C@H]1c1ccccc1)C1CCC2NNC(C3CCC4NNCC4C3)C2C1. The van der Waals surface area contributed by atoms with Crippen molar-refractivity contribution in [3.05, 3.63) is 35.9 Å². The van der Waals surface area contributed by atoms with E-state index in [0.29, 0.717) is 35.9 Å². The summed E-state index contributed by atoms with van der Waals surface area (Å²) in [7, 11) is 0. The summed E-state index contributed by atoms with van der Waals surface area (Å²) in [4.78, 5) is 13.5. The molecule has 5 fully saturated rings. The first-order valence-corrected chi connectivity index (χ1v) is 13.3. The minimum atomic E-state index is 0.139. The molecule has 0 bridgehead atoms. The normalized spacial score (nSPS) is 43.0. The summed E-state index contributed by atoms with van der Waals surface area (Å²) in [6.45, 7) is 2.98. The van der Waals surface area contributed by atoms with Crippen LogP contribution in [-0.4, -0.2) is 49.7 Å². The van der Waals surface area contributed by atoms with Gasteiger partial charge in [0.15, 0.2) is 0 Å². The highest BCUT2D eigenvalue weighted by Crippen LogP contribution is 2.42. The quantitative estimate of drug-likeness (QED) is 0.414. The van der Waals surface area contributed by atoms with E-state index in [1.807, 2.05) is 0 Å². The highest BCUT2D eigenvalue weighted by molar-refractivity contribution is 5.79. The third kappa shape index (κ3) is 4.46. The lowest BCUT2D eigenvalue weighted by molar-refractivity contribution is -0.127. The van der Waals surface area contributed by atoms with Gasteiger partial charge in [-0.1, -0.05) is 30.3 Å². The Morgan fingerprint density at radius 1 is 0.848 bits per heavy atom. The summed E-state index contributed by atoms with van der Waals surface area (Å²) < 4.78 is 0. The van der Waals surface area contributed by atoms with Gasteiger partial charge in [0, 0.05) is 49.1 Å². The molecular formula is C26H40N6O. The van der Waals surface area contributed by atoms with Gasteiger partial charge in [0.1, 0.15) is 0 Å². The van der Waals surface area contributed by atoms with Crippen LogP contribution in [-0.2, 0) is 4.79 Å². The van der Waals surface area contributed by atoms with Crippen molar-refractivity contribution in [3.8, 4) is 0 Å². The summed E-state index contributed by atoms with van der Waals surface area (Å²) in [5.41, 5.74) is 15.5. The summed E-state index contributed by atoms with van der Waals surface area (Å²) in [6.07, 6.45) is 8.01. The molecule has 1 amide bonds. The minimum Gasteiger partial charge on any atom is -0.351 e. The van der Waals surface area contributed by atoms with E-state index in [2.05, 4.69) is 62.7 Å². The van der Waals surface area contributed by atoms with Crippen LogP contribution >= 0.6 is 0 Å². The van der Waals surface area contributed by atoms with Crippen molar-refractivity contribution in [2.24, 2.45) is 23.7 Å². The van der Waals surface area contributed by atoms with Gasteiger partial charge in [0.25, 0.3) is 0 Å². The van der Waals surface area contributed by atoms with Crippen molar-refractivity contribution >= 4 is 5.91 Å². The topological polar surface area (TPSA) is 89.2 Å². The Hall–Kier alpha value is -1.51. The maximum atomic E-state index is 13.5. The number of benzene rings is 1. The molecule has 7 unspecified atom stereocenters. The predicted octanol–water partition coefficient (Wildman–Crippen LogP) is 1.40. The van der Waals surface area contributed by atoms with E-state index in [9.17, 15) is 4.79 Å². The predicted molar refractivity (Wildman–Crippen MR) is 129 cm³/mol. The zero-order chi connectivity index (χ0) is 22.2. The molecule has 7 nitrogen and oxygen atoms in total. The van der Waals surface area contributed by atoms with E-state index < -0.39 is 0 Å². The fourth-order valence-electron chi connectivity index (χ4n) is 7.57. The molecule has 2 saturated carbocycles. The maximum Gasteiger partial charge on any atom is 0.223 e. The zero-order valence-electron chi connectivity index (χ0n) is 19.6. The minimum absolute atomic E-state index is 0.139. The van der Waals surface area contributed by atoms with E-state index in [1.54, 1.807) is 0 Å². The number of amides is 1. The fraction of sp³-hybridized carbons (Fsp3) is 0.731. The van der Waals surface area contributed by atoms with Crippen LogP contribution in [0.5, 0.6) is 0 Å². The number of hydrogen-bond donors (Lipinski definition) is 6. The molecule has 6 N–H and O–H groups in total. The van der Waals surface area contributed by atoms with E-state index in [0.717, 1.165) is 51.2 Å². The van der Waals surface area contributed by atoms with Crippen LogP contribution in [0.1, 0.15) is 56.4 Å². The number of hydrogen-bond acceptors (Lipinski definition) is 6. The van der Waals surface area contributed by atoms with Gasteiger partial charge in [-0.3, -0.25) is 26.5 Å². The lowest BCUT2D eigenvalue weighted by Gasteiger charge is -2.40. The molecule has 3 heterocycles. The first kappa shape index (κ1) is 22.0. The first-order chi connectivity index (χ1) is 16.3. The lowest BCUT2D eigenvalue weighted by atomic mass is 9.68. The third-order valence-electron chi connectivity index (χ3n) is 9.39. The molecule has 3 saturated heterocycles. The van der Waals surface area contributed by atoms with Crippen molar-refractivity contribution in [1.29, 1.82) is 0 Å². The van der Waals surface area contributed by atoms with Gasteiger partial charge in [0.2, 0.25) is 5.91 Å². The number of piperidine rings is 1. The van der Waals surface area contributed by atoms with Crippen LogP contribution < -0.4 is 32.3 Å². The number of fused-ring (bicyclic) bond motifs is 2. The van der Waals surface area contributed by atoms with Gasteiger partial charge in [-0.25, -0.2) is 0 Å². The second-order valence-corrected chi connectivity index (χ2v) is 11.2. The molecule has 2 aliphatic carbocycles. The van der Waals surface area contributed by atoms with Crippen molar-refractivity contribution < 1.29 is 4.79 Å². The molecule has 1 aromatic carbocycles. The Labute approximate surface area is 197 Å². The van der Waals surface area contributed by atoms with Gasteiger partial charge in [-0.2, -0.15) is 0 Å². The number of carbonyl (C=O) groups is 1. The van der Waals surface area contributed by atoms with E-state index in [4.69, 9.17) is 0 Å². The van der Waals surface area contributed by atoms with Crippen LogP contribution in [0.2, 0.25) is 0 Å². The van der Waals surface area contributed by atoms with Crippen LogP contribution in [0, 0.1) is 23.7 Å². The Balaban J connectivity index is 1.09. The Morgan fingerprint density at radius 3 is 2.64 bits per heavy atom.